The number of benzene rings is 1. The molecule has 1 aromatic heterocycles. The van der Waals surface area contributed by atoms with E-state index >= 15 is 0 Å². The molecule has 2 rings (SSSR count). The van der Waals surface area contributed by atoms with E-state index in [4.69, 9.17) is 0 Å². The lowest BCUT2D eigenvalue weighted by molar-refractivity contribution is -0.114. The van der Waals surface area contributed by atoms with E-state index in [0.717, 1.165) is 5.69 Å². The summed E-state index contributed by atoms with van der Waals surface area (Å²) in [6.45, 7) is 1.46. The van der Waals surface area contributed by atoms with E-state index < -0.39 is 0 Å². The van der Waals surface area contributed by atoms with Gasteiger partial charge < -0.3 is 10.2 Å². The summed E-state index contributed by atoms with van der Waals surface area (Å²) < 4.78 is 0. The molecule has 0 aliphatic heterocycles. The van der Waals surface area contributed by atoms with Gasteiger partial charge in [0.2, 0.25) is 5.91 Å². The van der Waals surface area contributed by atoms with Crippen LogP contribution in [0.2, 0.25) is 0 Å². The smallest absolute Gasteiger partial charge is 0.221 e. The van der Waals surface area contributed by atoms with E-state index in [1.165, 1.54) is 6.92 Å². The number of carbonyl (C=O) groups is 1. The zero-order valence-corrected chi connectivity index (χ0v) is 12.2. The standard InChI is InChI=1S/C15H17N5O/c1-11(21)17-15-9-13(20(2)3)6-7-14(15)19-18-12-5-4-8-16-10-12/h4-10H,1-3H3,(H,17,21). The Morgan fingerprint density at radius 1 is 1.24 bits per heavy atom. The molecule has 0 aliphatic carbocycles. The molecule has 0 bridgehead atoms. The Morgan fingerprint density at radius 3 is 2.67 bits per heavy atom. The van der Waals surface area contributed by atoms with E-state index in [1.807, 2.05) is 43.3 Å². The predicted molar refractivity (Wildman–Crippen MR) is 83.5 cm³/mol. The molecular formula is C15H17N5O. The quantitative estimate of drug-likeness (QED) is 0.873. The van der Waals surface area contributed by atoms with Crippen LogP contribution in [0.1, 0.15) is 6.92 Å². The van der Waals surface area contributed by atoms with Crippen LogP contribution >= 0.6 is 0 Å². The number of carbonyl (C=O) groups excluding carboxylic acids is 1. The van der Waals surface area contributed by atoms with Crippen LogP contribution in [-0.2, 0) is 4.79 Å². The van der Waals surface area contributed by atoms with Gasteiger partial charge in [0.15, 0.2) is 0 Å². The molecule has 0 spiro atoms. The second kappa shape index (κ2) is 6.60. The first-order valence-electron chi connectivity index (χ1n) is 6.47. The maximum atomic E-state index is 11.3. The normalized spacial score (nSPS) is 10.6. The average Bonchev–Trinajstić information content (AvgIpc) is 2.46. The van der Waals surface area contributed by atoms with Gasteiger partial charge in [0.25, 0.3) is 0 Å². The van der Waals surface area contributed by atoms with Crippen LogP contribution in [0.4, 0.5) is 22.7 Å². The summed E-state index contributed by atoms with van der Waals surface area (Å²) in [5.41, 5.74) is 2.85. The third kappa shape index (κ3) is 4.10. The number of azo groups is 1. The highest BCUT2D eigenvalue weighted by atomic mass is 16.1. The van der Waals surface area contributed by atoms with Gasteiger partial charge in [-0.3, -0.25) is 9.78 Å². The molecule has 1 heterocycles. The summed E-state index contributed by atoms with van der Waals surface area (Å²) in [6.07, 6.45) is 3.30. The van der Waals surface area contributed by atoms with Gasteiger partial charge in [0, 0.05) is 32.9 Å². The summed E-state index contributed by atoms with van der Waals surface area (Å²) in [6, 6.07) is 9.20. The minimum atomic E-state index is -0.149. The van der Waals surface area contributed by atoms with E-state index in [1.54, 1.807) is 18.5 Å². The fraction of sp³-hybridized carbons (Fsp3) is 0.200. The van der Waals surface area contributed by atoms with Crippen molar-refractivity contribution in [2.45, 2.75) is 6.92 Å². The molecule has 0 aliphatic rings. The van der Waals surface area contributed by atoms with E-state index in [2.05, 4.69) is 20.5 Å². The zero-order valence-electron chi connectivity index (χ0n) is 12.2. The number of amides is 1. The van der Waals surface area contributed by atoms with Crippen molar-refractivity contribution in [2.75, 3.05) is 24.3 Å². The molecular weight excluding hydrogens is 266 g/mol. The Morgan fingerprint density at radius 2 is 2.05 bits per heavy atom. The largest absolute Gasteiger partial charge is 0.378 e. The number of nitrogens with one attached hydrogen (secondary N) is 1. The van der Waals surface area contributed by atoms with Crippen LogP contribution in [-0.4, -0.2) is 25.0 Å². The SMILES string of the molecule is CC(=O)Nc1cc(N(C)C)ccc1N=Nc1cccnc1. The van der Waals surface area contributed by atoms with Gasteiger partial charge in [-0.2, -0.15) is 0 Å². The third-order valence-corrected chi connectivity index (χ3v) is 2.73. The predicted octanol–water partition coefficient (Wildman–Crippen LogP) is 3.52. The minimum Gasteiger partial charge on any atom is -0.378 e. The van der Waals surface area contributed by atoms with E-state index in [0.29, 0.717) is 17.1 Å². The molecule has 1 N–H and O–H groups in total. The van der Waals surface area contributed by atoms with Gasteiger partial charge in [-0.15, -0.1) is 10.2 Å². The zero-order chi connectivity index (χ0) is 15.2. The molecule has 21 heavy (non-hydrogen) atoms. The highest BCUT2D eigenvalue weighted by Crippen LogP contribution is 2.30. The molecule has 0 saturated heterocycles. The van der Waals surface area contributed by atoms with Crippen LogP contribution in [0, 0.1) is 0 Å². The van der Waals surface area contributed by atoms with Crippen LogP contribution in [0.5, 0.6) is 0 Å². The van der Waals surface area contributed by atoms with Crippen LogP contribution < -0.4 is 10.2 Å². The number of anilines is 2. The highest BCUT2D eigenvalue weighted by Gasteiger charge is 2.06. The molecule has 6 heteroatoms. The van der Waals surface area contributed by atoms with Gasteiger partial charge in [0.1, 0.15) is 11.4 Å². The second-order valence-electron chi connectivity index (χ2n) is 4.69. The number of hydrogen-bond acceptors (Lipinski definition) is 5. The second-order valence-corrected chi connectivity index (χ2v) is 4.69. The average molecular weight is 283 g/mol. The lowest BCUT2D eigenvalue weighted by Crippen LogP contribution is -2.10. The van der Waals surface area contributed by atoms with Crippen LogP contribution in [0.3, 0.4) is 0 Å². The van der Waals surface area contributed by atoms with Crippen LogP contribution in [0.15, 0.2) is 53.0 Å². The first kappa shape index (κ1) is 14.6. The van der Waals surface area contributed by atoms with Crippen molar-refractivity contribution >= 4 is 28.7 Å². The Balaban J connectivity index is 2.33. The van der Waals surface area contributed by atoms with Crippen LogP contribution in [0.25, 0.3) is 0 Å². The van der Waals surface area contributed by atoms with Crippen molar-refractivity contribution in [1.82, 2.24) is 4.98 Å². The van der Waals surface area contributed by atoms with Crippen molar-refractivity contribution in [2.24, 2.45) is 10.2 Å². The van der Waals surface area contributed by atoms with E-state index in [-0.39, 0.29) is 5.91 Å². The fourth-order valence-electron chi connectivity index (χ4n) is 1.70. The third-order valence-electron chi connectivity index (χ3n) is 2.73. The number of rotatable bonds is 4. The summed E-state index contributed by atoms with van der Waals surface area (Å²) in [5, 5.41) is 11.1. The van der Waals surface area contributed by atoms with Crippen molar-refractivity contribution in [1.29, 1.82) is 0 Å². The van der Waals surface area contributed by atoms with Crippen molar-refractivity contribution in [3.8, 4) is 0 Å². The molecule has 1 aromatic carbocycles. The molecule has 0 atom stereocenters. The Hall–Kier alpha value is -2.76. The number of hydrogen-bond donors (Lipinski definition) is 1. The van der Waals surface area contributed by atoms with Gasteiger partial charge >= 0.3 is 0 Å². The van der Waals surface area contributed by atoms with Gasteiger partial charge in [-0.25, -0.2) is 0 Å². The molecule has 2 aromatic rings. The summed E-state index contributed by atoms with van der Waals surface area (Å²) in [7, 11) is 3.87. The van der Waals surface area contributed by atoms with Gasteiger partial charge in [-0.05, 0) is 30.3 Å². The first-order chi connectivity index (χ1) is 10.1. The van der Waals surface area contributed by atoms with Crippen molar-refractivity contribution < 1.29 is 4.79 Å². The molecule has 0 radical (unpaired) electrons. The Labute approximate surface area is 123 Å². The maximum Gasteiger partial charge on any atom is 0.221 e. The monoisotopic (exact) mass is 283 g/mol. The first-order valence-corrected chi connectivity index (χ1v) is 6.47. The van der Waals surface area contributed by atoms with Gasteiger partial charge in [-0.1, -0.05) is 0 Å². The summed E-state index contributed by atoms with van der Waals surface area (Å²) in [5.74, 6) is -0.149. The molecule has 1 amide bonds. The molecule has 6 nitrogen and oxygen atoms in total. The maximum absolute atomic E-state index is 11.3. The van der Waals surface area contributed by atoms with Gasteiger partial charge in [0.05, 0.1) is 11.9 Å². The molecule has 0 saturated carbocycles. The van der Waals surface area contributed by atoms with Crippen molar-refractivity contribution in [3.63, 3.8) is 0 Å². The molecule has 108 valence electrons. The lowest BCUT2D eigenvalue weighted by atomic mass is 10.2. The molecule has 0 unspecified atom stereocenters. The lowest BCUT2D eigenvalue weighted by Gasteiger charge is -2.15. The Kier molecular flexibility index (Phi) is 4.61. The fourth-order valence-corrected chi connectivity index (χ4v) is 1.70. The minimum absolute atomic E-state index is 0.149. The highest BCUT2D eigenvalue weighted by molar-refractivity contribution is 5.92. The summed E-state index contributed by atoms with van der Waals surface area (Å²) in [4.78, 5) is 17.2. The molecule has 0 fully saturated rings. The Bertz CT molecular complexity index is 652. The topological polar surface area (TPSA) is 70.0 Å². The number of nitrogens with zero attached hydrogens (tertiary/aromatic N) is 4. The number of pyridine rings is 1. The number of aromatic nitrogens is 1. The van der Waals surface area contributed by atoms with Crippen molar-refractivity contribution in [3.05, 3.63) is 42.7 Å². The van der Waals surface area contributed by atoms with E-state index in [9.17, 15) is 4.79 Å². The summed E-state index contributed by atoms with van der Waals surface area (Å²) >= 11 is 0.